The van der Waals surface area contributed by atoms with Gasteiger partial charge >= 0.3 is 0 Å². The minimum absolute atomic E-state index is 0.243. The molecule has 5 rings (SSSR count). The number of aryl methyl sites for hydroxylation is 1. The molecular weight excluding hydrogens is 518 g/mol. The molecule has 3 aromatic rings. The van der Waals surface area contributed by atoms with Crippen LogP contribution in [-0.2, 0) is 17.3 Å². The molecule has 1 heteroatoms. The summed E-state index contributed by atoms with van der Waals surface area (Å²) in [6.07, 6.45) is 8.64. The molecule has 0 atom stereocenters. The van der Waals surface area contributed by atoms with Crippen LogP contribution < -0.4 is 0 Å². The van der Waals surface area contributed by atoms with E-state index >= 15 is 0 Å². The third-order valence-corrected chi connectivity index (χ3v) is 7.61. The van der Waals surface area contributed by atoms with Gasteiger partial charge in [0, 0.05) is 23.7 Å². The molecule has 43 heavy (non-hydrogen) atoms. The van der Waals surface area contributed by atoms with E-state index in [2.05, 4.69) is 186 Å². The van der Waals surface area contributed by atoms with Crippen molar-refractivity contribution in [3.05, 3.63) is 125 Å². The third-order valence-electron chi connectivity index (χ3n) is 7.61. The van der Waals surface area contributed by atoms with Crippen molar-refractivity contribution in [1.29, 1.82) is 0 Å². The smallest absolute Gasteiger partial charge is 0.0417 e. The zero-order valence-electron chi connectivity index (χ0n) is 29.6. The molecule has 0 radical (unpaired) electrons. The average molecular weight is 578 g/mol. The Morgan fingerprint density at radius 1 is 0.512 bits per heavy atom. The van der Waals surface area contributed by atoms with Gasteiger partial charge in [-0.15, -0.1) is 0 Å². The molecule has 3 aromatic carbocycles. The Morgan fingerprint density at radius 2 is 1.02 bits per heavy atom. The number of aliphatic imine (C=N–C) groups is 1. The van der Waals surface area contributed by atoms with Crippen molar-refractivity contribution in [2.45, 2.75) is 114 Å². The van der Waals surface area contributed by atoms with E-state index in [1.54, 1.807) is 0 Å². The molecule has 1 aliphatic carbocycles. The fourth-order valence-electron chi connectivity index (χ4n) is 4.85. The van der Waals surface area contributed by atoms with Crippen LogP contribution in [0.25, 0.3) is 5.57 Å². The highest BCUT2D eigenvalue weighted by Crippen LogP contribution is 2.39. The number of nitrogens with zero attached hydrogens (tertiary/aromatic N) is 1. The lowest BCUT2D eigenvalue weighted by molar-refractivity contribution is 0.500. The van der Waals surface area contributed by atoms with Crippen LogP contribution in [0.3, 0.4) is 0 Å². The highest BCUT2D eigenvalue weighted by Gasteiger charge is 2.23. The molecule has 0 spiro atoms. The molecule has 0 saturated carbocycles. The van der Waals surface area contributed by atoms with Gasteiger partial charge in [0.25, 0.3) is 0 Å². The standard InChI is InChI=1S/C13H16.C11H16.C10H14.C8H13N/c1-13(2,3)12-9-8-10-6-4-5-7-11(10)12;1-9-5-7-10(8-6-9)11(2,3)4;1-10(2,3)9-7-5-4-6-8-9;1-8(2,3)7-5-4-6-9-7/h4-7,9H,8H2,1-3H3;5-8H,1-4H3;4-8H,1-3H3;5-6H,4H2,1-3H3. The minimum Gasteiger partial charge on any atom is -0.265 e. The summed E-state index contributed by atoms with van der Waals surface area (Å²) in [5.41, 5.74) is 10.9. The number of fused-ring (bicyclic) bond motifs is 1. The number of hydrogen-bond donors (Lipinski definition) is 0. The van der Waals surface area contributed by atoms with Crippen LogP contribution in [0.4, 0.5) is 0 Å². The highest BCUT2D eigenvalue weighted by atomic mass is 14.8. The Morgan fingerprint density at radius 3 is 1.44 bits per heavy atom. The van der Waals surface area contributed by atoms with Crippen LogP contribution in [-0.4, -0.2) is 6.21 Å². The van der Waals surface area contributed by atoms with Gasteiger partial charge in [0.05, 0.1) is 0 Å². The maximum Gasteiger partial charge on any atom is 0.0417 e. The SMILES string of the molecule is CC(C)(C)C1=CCC=N1.CC(C)(C)C1=CCc2ccccc21.CC(C)(C)c1ccccc1.Cc1ccc(C(C)(C)C)cc1. The second-order valence-electron chi connectivity index (χ2n) is 15.8. The fourth-order valence-corrected chi connectivity index (χ4v) is 4.85. The first kappa shape index (κ1) is 36.0. The molecule has 0 fully saturated rings. The van der Waals surface area contributed by atoms with E-state index < -0.39 is 0 Å². The molecular formula is C42H59N. The monoisotopic (exact) mass is 577 g/mol. The largest absolute Gasteiger partial charge is 0.265 e. The van der Waals surface area contributed by atoms with E-state index in [1.807, 2.05) is 6.21 Å². The Labute approximate surface area is 265 Å². The van der Waals surface area contributed by atoms with Crippen LogP contribution in [0.15, 0.2) is 102 Å². The molecule has 1 nitrogen and oxygen atoms in total. The lowest BCUT2D eigenvalue weighted by Crippen LogP contribution is -2.10. The molecule has 0 amide bonds. The summed E-state index contributed by atoms with van der Waals surface area (Å²) >= 11 is 0. The van der Waals surface area contributed by atoms with Gasteiger partial charge < -0.3 is 0 Å². The summed E-state index contributed by atoms with van der Waals surface area (Å²) in [6.45, 7) is 28.9. The van der Waals surface area contributed by atoms with Crippen LogP contribution in [0.5, 0.6) is 0 Å². The van der Waals surface area contributed by atoms with Crippen molar-refractivity contribution in [2.24, 2.45) is 15.8 Å². The Hall–Kier alpha value is -3.19. The lowest BCUT2D eigenvalue weighted by atomic mass is 9.83. The van der Waals surface area contributed by atoms with Crippen molar-refractivity contribution in [2.75, 3.05) is 0 Å². The average Bonchev–Trinajstić information content (AvgIpc) is 3.60. The van der Waals surface area contributed by atoms with E-state index in [-0.39, 0.29) is 16.2 Å². The van der Waals surface area contributed by atoms with Crippen molar-refractivity contribution in [3.63, 3.8) is 0 Å². The molecule has 0 unspecified atom stereocenters. The molecule has 2 aliphatic rings. The predicted octanol–water partition coefficient (Wildman–Crippen LogP) is 12.3. The van der Waals surface area contributed by atoms with Gasteiger partial charge in [-0.25, -0.2) is 0 Å². The molecule has 1 heterocycles. The topological polar surface area (TPSA) is 12.4 Å². The van der Waals surface area contributed by atoms with Crippen molar-refractivity contribution in [1.82, 2.24) is 0 Å². The van der Waals surface area contributed by atoms with Gasteiger partial charge in [-0.3, -0.25) is 4.99 Å². The van der Waals surface area contributed by atoms with E-state index in [9.17, 15) is 0 Å². The molecule has 0 N–H and O–H groups in total. The van der Waals surface area contributed by atoms with E-state index in [4.69, 9.17) is 0 Å². The Kier molecular flexibility index (Phi) is 12.6. The number of hydrogen-bond acceptors (Lipinski definition) is 1. The quantitative estimate of drug-likeness (QED) is 0.252. The maximum absolute atomic E-state index is 4.24. The molecule has 1 aliphatic heterocycles. The van der Waals surface area contributed by atoms with Crippen LogP contribution in [0.2, 0.25) is 0 Å². The fraction of sp³-hybridized carbons (Fsp3) is 0.452. The summed E-state index contributed by atoms with van der Waals surface area (Å²) < 4.78 is 0. The van der Waals surface area contributed by atoms with Gasteiger partial charge in [-0.2, -0.15) is 0 Å². The van der Waals surface area contributed by atoms with Crippen molar-refractivity contribution >= 4 is 11.8 Å². The van der Waals surface area contributed by atoms with Gasteiger partial charge in [-0.1, -0.05) is 180 Å². The second kappa shape index (κ2) is 15.0. The second-order valence-corrected chi connectivity index (χ2v) is 15.8. The Bertz CT molecular complexity index is 1350. The van der Waals surface area contributed by atoms with E-state index in [0.717, 1.165) is 12.8 Å². The summed E-state index contributed by atoms with van der Waals surface area (Å²) in [5.74, 6) is 0. The summed E-state index contributed by atoms with van der Waals surface area (Å²) in [7, 11) is 0. The van der Waals surface area contributed by atoms with Gasteiger partial charge in [0.1, 0.15) is 0 Å². The molecule has 0 bridgehead atoms. The summed E-state index contributed by atoms with van der Waals surface area (Å²) in [4.78, 5) is 4.24. The first-order valence-corrected chi connectivity index (χ1v) is 15.9. The molecule has 0 aromatic heterocycles. The number of benzene rings is 3. The van der Waals surface area contributed by atoms with Crippen LogP contribution in [0, 0.1) is 17.8 Å². The Balaban J connectivity index is 0.000000202. The van der Waals surface area contributed by atoms with Gasteiger partial charge in [0.2, 0.25) is 0 Å². The number of rotatable bonds is 0. The van der Waals surface area contributed by atoms with E-state index in [1.165, 1.54) is 39.1 Å². The predicted molar refractivity (Wildman–Crippen MR) is 193 cm³/mol. The maximum atomic E-state index is 4.24. The molecule has 0 saturated heterocycles. The normalized spacial score (nSPS) is 14.2. The van der Waals surface area contributed by atoms with E-state index in [0.29, 0.717) is 5.41 Å². The summed E-state index contributed by atoms with van der Waals surface area (Å²) in [6, 6.07) is 28.0. The zero-order chi connectivity index (χ0) is 32.5. The van der Waals surface area contributed by atoms with Crippen LogP contribution in [0.1, 0.15) is 117 Å². The number of allylic oxidation sites excluding steroid dienone is 4. The first-order chi connectivity index (χ1) is 19.8. The highest BCUT2D eigenvalue weighted by molar-refractivity contribution is 5.76. The lowest BCUT2D eigenvalue weighted by Gasteiger charge is -2.21. The van der Waals surface area contributed by atoms with Gasteiger partial charge in [0.15, 0.2) is 0 Å². The van der Waals surface area contributed by atoms with Gasteiger partial charge in [-0.05, 0) is 57.4 Å². The zero-order valence-corrected chi connectivity index (χ0v) is 29.6. The third kappa shape index (κ3) is 12.1. The molecule has 232 valence electrons. The summed E-state index contributed by atoms with van der Waals surface area (Å²) in [5, 5.41) is 0. The van der Waals surface area contributed by atoms with Crippen molar-refractivity contribution in [3.8, 4) is 0 Å². The van der Waals surface area contributed by atoms with Crippen LogP contribution >= 0.6 is 0 Å². The first-order valence-electron chi connectivity index (χ1n) is 15.9. The minimum atomic E-state index is 0.243. The van der Waals surface area contributed by atoms with Crippen molar-refractivity contribution < 1.29 is 0 Å².